The maximum atomic E-state index is 3.41. The van der Waals surface area contributed by atoms with E-state index in [1.807, 2.05) is 11.3 Å². The molecule has 0 spiro atoms. The monoisotopic (exact) mass is 204 g/mol. The lowest BCUT2D eigenvalue weighted by molar-refractivity contribution is 1.18. The van der Waals surface area contributed by atoms with Crippen LogP contribution < -0.4 is 0 Å². The molecular weight excluding hydrogens is 196 g/mol. The highest BCUT2D eigenvalue weighted by molar-refractivity contribution is 9.08. The molecule has 0 amide bonds. The molecule has 0 saturated carbocycles. The predicted octanol–water partition coefficient (Wildman–Crippen LogP) is 3.21. The molecule has 1 aromatic rings. The number of thiophene rings is 1. The van der Waals surface area contributed by atoms with Gasteiger partial charge in [-0.05, 0) is 23.4 Å². The lowest BCUT2D eigenvalue weighted by atomic mass is 10.3. The van der Waals surface area contributed by atoms with Crippen molar-refractivity contribution in [1.29, 1.82) is 0 Å². The molecule has 0 atom stereocenters. The van der Waals surface area contributed by atoms with Crippen LogP contribution in [0.3, 0.4) is 0 Å². The average molecular weight is 205 g/mol. The van der Waals surface area contributed by atoms with Crippen LogP contribution in [0.2, 0.25) is 0 Å². The van der Waals surface area contributed by atoms with Crippen LogP contribution in [0.1, 0.15) is 17.4 Å². The predicted molar refractivity (Wildman–Crippen MR) is 46.3 cm³/mol. The second-order valence-corrected chi connectivity index (χ2v) is 3.46. The molecule has 2 heteroatoms. The Morgan fingerprint density at radius 2 is 2.44 bits per heavy atom. The van der Waals surface area contributed by atoms with Crippen molar-refractivity contribution in [3.8, 4) is 0 Å². The molecule has 0 radical (unpaired) electrons. The van der Waals surface area contributed by atoms with Crippen LogP contribution >= 0.6 is 27.3 Å². The maximum absolute atomic E-state index is 3.41. The lowest BCUT2D eigenvalue weighted by Crippen LogP contribution is -1.68. The molecule has 0 bridgehead atoms. The number of aryl methyl sites for hydroxylation is 1. The van der Waals surface area contributed by atoms with E-state index in [9.17, 15) is 0 Å². The first-order valence-corrected chi connectivity index (χ1v) is 4.99. The van der Waals surface area contributed by atoms with Crippen LogP contribution in [0.15, 0.2) is 11.4 Å². The Kier molecular flexibility index (Phi) is 2.73. The van der Waals surface area contributed by atoms with E-state index < -0.39 is 0 Å². The van der Waals surface area contributed by atoms with Crippen LogP contribution in [-0.2, 0) is 11.8 Å². The van der Waals surface area contributed by atoms with Gasteiger partial charge in [-0.25, -0.2) is 0 Å². The third-order valence-electron chi connectivity index (χ3n) is 1.21. The van der Waals surface area contributed by atoms with Crippen molar-refractivity contribution in [1.82, 2.24) is 0 Å². The van der Waals surface area contributed by atoms with Gasteiger partial charge in [-0.2, -0.15) is 0 Å². The average Bonchev–Trinajstić information content (AvgIpc) is 2.34. The van der Waals surface area contributed by atoms with Gasteiger partial charge in [0.1, 0.15) is 0 Å². The van der Waals surface area contributed by atoms with E-state index in [4.69, 9.17) is 0 Å². The zero-order valence-electron chi connectivity index (χ0n) is 5.36. The standard InChI is InChI=1S/C7H9BrS/c1-2-7-3-6(4-8)5-9-7/h3,5H,2,4H2,1H3. The fraction of sp³-hybridized carbons (Fsp3) is 0.429. The zero-order valence-corrected chi connectivity index (χ0v) is 7.76. The number of rotatable bonds is 2. The number of alkyl halides is 1. The summed E-state index contributed by atoms with van der Waals surface area (Å²) in [4.78, 5) is 1.48. The smallest absolute Gasteiger partial charge is 0.0291 e. The van der Waals surface area contributed by atoms with Gasteiger partial charge in [-0.15, -0.1) is 11.3 Å². The third kappa shape index (κ3) is 1.80. The van der Waals surface area contributed by atoms with Gasteiger partial charge in [0.15, 0.2) is 0 Å². The van der Waals surface area contributed by atoms with Gasteiger partial charge in [0.25, 0.3) is 0 Å². The molecule has 0 nitrogen and oxygen atoms in total. The summed E-state index contributed by atoms with van der Waals surface area (Å²) in [7, 11) is 0. The largest absolute Gasteiger partial charge is 0.149 e. The Balaban J connectivity index is 2.74. The minimum Gasteiger partial charge on any atom is -0.149 e. The van der Waals surface area contributed by atoms with Crippen molar-refractivity contribution in [2.45, 2.75) is 18.7 Å². The van der Waals surface area contributed by atoms with Crippen LogP contribution in [0.5, 0.6) is 0 Å². The first-order chi connectivity index (χ1) is 4.36. The van der Waals surface area contributed by atoms with Crippen molar-refractivity contribution >= 4 is 27.3 Å². The lowest BCUT2D eigenvalue weighted by Gasteiger charge is -1.82. The minimum absolute atomic E-state index is 0.990. The molecule has 50 valence electrons. The summed E-state index contributed by atoms with van der Waals surface area (Å²) in [5, 5.41) is 3.19. The quantitative estimate of drug-likeness (QED) is 0.650. The van der Waals surface area contributed by atoms with Crippen LogP contribution in [0, 0.1) is 0 Å². The summed E-state index contributed by atoms with van der Waals surface area (Å²) >= 11 is 5.25. The molecule has 9 heavy (non-hydrogen) atoms. The van der Waals surface area contributed by atoms with Crippen LogP contribution in [0.4, 0.5) is 0 Å². The Bertz CT molecular complexity index is 162. The van der Waals surface area contributed by atoms with E-state index in [2.05, 4.69) is 34.3 Å². The Morgan fingerprint density at radius 1 is 1.67 bits per heavy atom. The highest BCUT2D eigenvalue weighted by atomic mass is 79.9. The second kappa shape index (κ2) is 3.37. The van der Waals surface area contributed by atoms with Gasteiger partial charge in [-0.3, -0.25) is 0 Å². The molecule has 0 aliphatic heterocycles. The van der Waals surface area contributed by atoms with Crippen LogP contribution in [-0.4, -0.2) is 0 Å². The topological polar surface area (TPSA) is 0 Å². The van der Waals surface area contributed by atoms with Gasteiger partial charge in [-0.1, -0.05) is 22.9 Å². The number of hydrogen-bond acceptors (Lipinski definition) is 1. The molecule has 1 aromatic heterocycles. The van der Waals surface area contributed by atoms with E-state index in [0.717, 1.165) is 11.8 Å². The molecule has 0 fully saturated rings. The van der Waals surface area contributed by atoms with E-state index in [0.29, 0.717) is 0 Å². The van der Waals surface area contributed by atoms with Gasteiger partial charge in [0.05, 0.1) is 0 Å². The summed E-state index contributed by atoms with van der Waals surface area (Å²) < 4.78 is 0. The minimum atomic E-state index is 0.990. The van der Waals surface area contributed by atoms with E-state index in [1.54, 1.807) is 0 Å². The summed E-state index contributed by atoms with van der Waals surface area (Å²) in [5.74, 6) is 0. The van der Waals surface area contributed by atoms with Gasteiger partial charge < -0.3 is 0 Å². The molecular formula is C7H9BrS. The fourth-order valence-electron chi connectivity index (χ4n) is 0.682. The molecule has 0 N–H and O–H groups in total. The second-order valence-electron chi connectivity index (χ2n) is 1.91. The van der Waals surface area contributed by atoms with Crippen molar-refractivity contribution in [3.05, 3.63) is 21.9 Å². The Hall–Kier alpha value is 0.180. The van der Waals surface area contributed by atoms with E-state index >= 15 is 0 Å². The van der Waals surface area contributed by atoms with Crippen molar-refractivity contribution < 1.29 is 0 Å². The molecule has 0 aliphatic rings. The van der Waals surface area contributed by atoms with E-state index in [-0.39, 0.29) is 0 Å². The van der Waals surface area contributed by atoms with Gasteiger partial charge in [0, 0.05) is 10.2 Å². The number of halogens is 1. The summed E-state index contributed by atoms with van der Waals surface area (Å²) in [6.45, 7) is 2.18. The summed E-state index contributed by atoms with van der Waals surface area (Å²) in [6, 6.07) is 2.25. The van der Waals surface area contributed by atoms with Crippen molar-refractivity contribution in [2.75, 3.05) is 0 Å². The highest BCUT2D eigenvalue weighted by Crippen LogP contribution is 2.16. The molecule has 0 aliphatic carbocycles. The van der Waals surface area contributed by atoms with Crippen LogP contribution in [0.25, 0.3) is 0 Å². The highest BCUT2D eigenvalue weighted by Gasteiger charge is 1.93. The maximum Gasteiger partial charge on any atom is 0.0291 e. The van der Waals surface area contributed by atoms with Gasteiger partial charge >= 0.3 is 0 Å². The normalized spacial score (nSPS) is 10.0. The van der Waals surface area contributed by atoms with E-state index in [1.165, 1.54) is 10.4 Å². The molecule has 0 aromatic carbocycles. The fourth-order valence-corrected chi connectivity index (χ4v) is 2.06. The summed E-state index contributed by atoms with van der Waals surface area (Å²) in [6.07, 6.45) is 1.16. The van der Waals surface area contributed by atoms with Crippen molar-refractivity contribution in [3.63, 3.8) is 0 Å². The SMILES string of the molecule is CCc1cc(CBr)cs1. The molecule has 1 heterocycles. The third-order valence-corrected chi connectivity index (χ3v) is 2.99. The zero-order chi connectivity index (χ0) is 6.69. The summed E-state index contributed by atoms with van der Waals surface area (Å²) in [5.41, 5.74) is 1.40. The first-order valence-electron chi connectivity index (χ1n) is 2.99. The first kappa shape index (κ1) is 7.29. The molecule has 0 unspecified atom stereocenters. The Morgan fingerprint density at radius 3 is 2.78 bits per heavy atom. The van der Waals surface area contributed by atoms with Crippen molar-refractivity contribution in [2.24, 2.45) is 0 Å². The van der Waals surface area contributed by atoms with Gasteiger partial charge in [0.2, 0.25) is 0 Å². The Labute approximate surface area is 68.0 Å². The molecule has 0 saturated heterocycles. The number of hydrogen-bond donors (Lipinski definition) is 0. The molecule has 1 rings (SSSR count).